The lowest BCUT2D eigenvalue weighted by Crippen LogP contribution is -2.10. The van der Waals surface area contributed by atoms with Gasteiger partial charge < -0.3 is 10.3 Å². The Labute approximate surface area is 85.9 Å². The normalized spacial score (nSPS) is 9.93. The van der Waals surface area contributed by atoms with Gasteiger partial charge in [0.1, 0.15) is 5.82 Å². The fourth-order valence-corrected chi connectivity index (χ4v) is 1.23. The molecule has 0 bridgehead atoms. The van der Waals surface area contributed by atoms with Crippen molar-refractivity contribution in [2.24, 2.45) is 0 Å². The average Bonchev–Trinajstić information content (AvgIpc) is 2.70. The quantitative estimate of drug-likeness (QED) is 0.775. The van der Waals surface area contributed by atoms with Gasteiger partial charge in [0.2, 0.25) is 0 Å². The minimum absolute atomic E-state index is 0.262. The zero-order valence-corrected chi connectivity index (χ0v) is 7.83. The number of amides is 1. The number of carbonyl (C=O) groups is 1. The lowest BCUT2D eigenvalue weighted by Gasteiger charge is -2.02. The molecule has 4 heteroatoms. The maximum atomic E-state index is 12.8. The first-order valence-corrected chi connectivity index (χ1v) is 4.45. The Hall–Kier alpha value is -2.10. The van der Waals surface area contributed by atoms with Crippen molar-refractivity contribution >= 4 is 11.6 Å². The molecule has 2 rings (SSSR count). The van der Waals surface area contributed by atoms with Crippen LogP contribution in [0.15, 0.2) is 42.7 Å². The first-order valence-electron chi connectivity index (χ1n) is 4.45. The molecule has 3 nitrogen and oxygen atoms in total. The Morgan fingerprint density at radius 2 is 2.20 bits per heavy atom. The third-order valence-corrected chi connectivity index (χ3v) is 1.94. The van der Waals surface area contributed by atoms with Crippen LogP contribution in [0.2, 0.25) is 0 Å². The van der Waals surface area contributed by atoms with Crippen molar-refractivity contribution in [2.75, 3.05) is 5.32 Å². The minimum atomic E-state index is -0.373. The number of anilines is 1. The van der Waals surface area contributed by atoms with Gasteiger partial charge in [0.15, 0.2) is 0 Å². The summed E-state index contributed by atoms with van der Waals surface area (Å²) in [6.07, 6.45) is 3.23. The lowest BCUT2D eigenvalue weighted by molar-refractivity contribution is 0.102. The molecule has 1 aromatic heterocycles. The number of nitrogens with one attached hydrogen (secondary N) is 2. The molecule has 1 amide bonds. The van der Waals surface area contributed by atoms with Crippen molar-refractivity contribution in [3.8, 4) is 0 Å². The van der Waals surface area contributed by atoms with E-state index in [2.05, 4.69) is 10.3 Å². The molecule has 2 aromatic rings. The summed E-state index contributed by atoms with van der Waals surface area (Å²) in [7, 11) is 0. The summed E-state index contributed by atoms with van der Waals surface area (Å²) in [5.41, 5.74) is 0.959. The molecule has 0 aliphatic heterocycles. The van der Waals surface area contributed by atoms with E-state index >= 15 is 0 Å². The largest absolute Gasteiger partial charge is 0.367 e. The summed E-state index contributed by atoms with van der Waals surface area (Å²) in [5, 5.41) is 2.59. The second-order valence-corrected chi connectivity index (χ2v) is 3.06. The van der Waals surface area contributed by atoms with Crippen molar-refractivity contribution in [3.63, 3.8) is 0 Å². The van der Waals surface area contributed by atoms with Crippen LogP contribution in [0.1, 0.15) is 10.4 Å². The number of aromatic nitrogens is 1. The molecule has 0 saturated heterocycles. The van der Waals surface area contributed by atoms with Crippen molar-refractivity contribution in [1.82, 2.24) is 4.98 Å². The molecule has 1 aromatic carbocycles. The Morgan fingerprint density at radius 1 is 1.33 bits per heavy atom. The summed E-state index contributed by atoms with van der Waals surface area (Å²) in [6.45, 7) is 0. The van der Waals surface area contributed by atoms with Gasteiger partial charge in [-0.3, -0.25) is 4.79 Å². The smallest absolute Gasteiger partial charge is 0.257 e. The molecular formula is C11H9FN2O. The third-order valence-electron chi connectivity index (χ3n) is 1.94. The van der Waals surface area contributed by atoms with E-state index in [4.69, 9.17) is 0 Å². The van der Waals surface area contributed by atoms with Gasteiger partial charge >= 0.3 is 0 Å². The molecule has 1 heterocycles. The minimum Gasteiger partial charge on any atom is -0.367 e. The Bertz CT molecular complexity index is 465. The van der Waals surface area contributed by atoms with Crippen LogP contribution < -0.4 is 5.32 Å². The topological polar surface area (TPSA) is 44.9 Å². The first-order chi connectivity index (χ1) is 7.25. The van der Waals surface area contributed by atoms with E-state index in [0.717, 1.165) is 0 Å². The van der Waals surface area contributed by atoms with Crippen LogP contribution in [0, 0.1) is 5.82 Å². The number of hydrogen-bond acceptors (Lipinski definition) is 1. The summed E-state index contributed by atoms with van der Waals surface area (Å²) in [5.74, 6) is -0.635. The molecule has 0 unspecified atom stereocenters. The van der Waals surface area contributed by atoms with Crippen molar-refractivity contribution in [3.05, 3.63) is 54.1 Å². The Morgan fingerprint density at radius 3 is 2.87 bits per heavy atom. The predicted molar refractivity (Wildman–Crippen MR) is 55.1 cm³/mol. The van der Waals surface area contributed by atoms with E-state index in [1.54, 1.807) is 30.6 Å². The summed E-state index contributed by atoms with van der Waals surface area (Å²) >= 11 is 0. The van der Waals surface area contributed by atoms with Crippen LogP contribution in [0.5, 0.6) is 0 Å². The molecular weight excluding hydrogens is 195 g/mol. The van der Waals surface area contributed by atoms with Gasteiger partial charge in [-0.1, -0.05) is 6.07 Å². The Kier molecular flexibility index (Phi) is 2.49. The number of aromatic amines is 1. The molecule has 0 spiro atoms. The highest BCUT2D eigenvalue weighted by molar-refractivity contribution is 6.04. The molecule has 2 N–H and O–H groups in total. The lowest BCUT2D eigenvalue weighted by atomic mass is 10.2. The van der Waals surface area contributed by atoms with Crippen molar-refractivity contribution in [1.29, 1.82) is 0 Å². The van der Waals surface area contributed by atoms with Crippen LogP contribution in [0.25, 0.3) is 0 Å². The van der Waals surface area contributed by atoms with Gasteiger partial charge in [-0.2, -0.15) is 0 Å². The number of benzene rings is 1. The fourth-order valence-electron chi connectivity index (χ4n) is 1.23. The standard InChI is InChI=1S/C11H9FN2O/c12-9-2-1-3-10(6-9)14-11(15)8-4-5-13-7-8/h1-7,13H,(H,14,15). The van der Waals surface area contributed by atoms with Gasteiger partial charge in [-0.25, -0.2) is 4.39 Å². The number of hydrogen-bond donors (Lipinski definition) is 2. The summed E-state index contributed by atoms with van der Waals surface area (Å²) in [4.78, 5) is 14.3. The number of carbonyl (C=O) groups excluding carboxylic acids is 1. The van der Waals surface area contributed by atoms with E-state index in [1.807, 2.05) is 0 Å². The second-order valence-electron chi connectivity index (χ2n) is 3.06. The molecule has 15 heavy (non-hydrogen) atoms. The van der Waals surface area contributed by atoms with E-state index in [0.29, 0.717) is 11.3 Å². The van der Waals surface area contributed by atoms with Crippen LogP contribution in [0.4, 0.5) is 10.1 Å². The highest BCUT2D eigenvalue weighted by Crippen LogP contribution is 2.10. The summed E-state index contributed by atoms with van der Waals surface area (Å²) < 4.78 is 12.8. The summed E-state index contributed by atoms with van der Waals surface area (Å²) in [6, 6.07) is 7.42. The van der Waals surface area contributed by atoms with Gasteiger partial charge in [-0.05, 0) is 24.3 Å². The van der Waals surface area contributed by atoms with Crippen molar-refractivity contribution < 1.29 is 9.18 Å². The maximum absolute atomic E-state index is 12.8. The fraction of sp³-hybridized carbons (Fsp3) is 0. The number of rotatable bonds is 2. The molecule has 76 valence electrons. The van der Waals surface area contributed by atoms with Gasteiger partial charge in [0, 0.05) is 18.1 Å². The van der Waals surface area contributed by atoms with E-state index < -0.39 is 0 Å². The number of halogens is 1. The van der Waals surface area contributed by atoms with E-state index in [-0.39, 0.29) is 11.7 Å². The van der Waals surface area contributed by atoms with E-state index in [1.165, 1.54) is 12.1 Å². The first kappa shape index (κ1) is 9.45. The van der Waals surface area contributed by atoms with Crippen LogP contribution in [-0.4, -0.2) is 10.9 Å². The zero-order chi connectivity index (χ0) is 10.7. The monoisotopic (exact) mass is 204 g/mol. The number of H-pyrrole nitrogens is 1. The van der Waals surface area contributed by atoms with Crippen molar-refractivity contribution in [2.45, 2.75) is 0 Å². The molecule has 0 fully saturated rings. The SMILES string of the molecule is O=C(Nc1cccc(F)c1)c1cc[nH]c1. The van der Waals surface area contributed by atoms with Crippen LogP contribution in [-0.2, 0) is 0 Å². The molecule has 0 radical (unpaired) electrons. The second kappa shape index (κ2) is 3.96. The molecule has 0 aliphatic carbocycles. The maximum Gasteiger partial charge on any atom is 0.257 e. The van der Waals surface area contributed by atoms with Gasteiger partial charge in [-0.15, -0.1) is 0 Å². The van der Waals surface area contributed by atoms with Crippen LogP contribution in [0.3, 0.4) is 0 Å². The molecule has 0 atom stereocenters. The molecule has 0 saturated carbocycles. The Balaban J connectivity index is 2.13. The predicted octanol–water partition coefficient (Wildman–Crippen LogP) is 2.41. The van der Waals surface area contributed by atoms with Gasteiger partial charge in [0.05, 0.1) is 5.56 Å². The average molecular weight is 204 g/mol. The van der Waals surface area contributed by atoms with Crippen LogP contribution >= 0.6 is 0 Å². The van der Waals surface area contributed by atoms with Gasteiger partial charge in [0.25, 0.3) is 5.91 Å². The third kappa shape index (κ3) is 2.22. The highest BCUT2D eigenvalue weighted by Gasteiger charge is 2.05. The zero-order valence-electron chi connectivity index (χ0n) is 7.83. The highest BCUT2D eigenvalue weighted by atomic mass is 19.1. The molecule has 0 aliphatic rings. The van der Waals surface area contributed by atoms with E-state index in [9.17, 15) is 9.18 Å².